The highest BCUT2D eigenvalue weighted by molar-refractivity contribution is 6.10. The van der Waals surface area contributed by atoms with Crippen LogP contribution in [0.15, 0.2) is 54.6 Å². The molecule has 0 radical (unpaired) electrons. The topological polar surface area (TPSA) is 49.3 Å². The summed E-state index contributed by atoms with van der Waals surface area (Å²) in [5, 5.41) is 12.8. The molecule has 0 aromatic heterocycles. The van der Waals surface area contributed by atoms with Gasteiger partial charge >= 0.3 is 0 Å². The molecule has 0 aliphatic heterocycles. The molecular formula is C15H11NO2. The van der Waals surface area contributed by atoms with Crippen molar-refractivity contribution in [1.29, 1.82) is 0 Å². The van der Waals surface area contributed by atoms with Gasteiger partial charge in [0, 0.05) is 5.56 Å². The van der Waals surface area contributed by atoms with Gasteiger partial charge in [-0.1, -0.05) is 36.4 Å². The van der Waals surface area contributed by atoms with E-state index in [4.69, 9.17) is 5.21 Å². The number of rotatable bonds is 1. The molecule has 3 rings (SSSR count). The summed E-state index contributed by atoms with van der Waals surface area (Å²) in [4.78, 5) is 11.6. The molecule has 0 heterocycles. The molecule has 0 unspecified atom stereocenters. The van der Waals surface area contributed by atoms with Crippen LogP contribution in [-0.4, -0.2) is 11.1 Å². The minimum absolute atomic E-state index is 0.473. The first-order chi connectivity index (χ1) is 8.79. The summed E-state index contributed by atoms with van der Waals surface area (Å²) in [5.41, 5.74) is 2.16. The molecule has 1 amide bonds. The molecular weight excluding hydrogens is 226 g/mol. The SMILES string of the molecule is O=C(NO)c1cccc2cc3ccccc3cc12. The number of hydroxylamine groups is 1. The zero-order valence-electron chi connectivity index (χ0n) is 9.55. The Morgan fingerprint density at radius 2 is 1.56 bits per heavy atom. The standard InChI is InChI=1S/C15H11NO2/c17-15(16-18)13-7-3-6-12-8-10-4-1-2-5-11(10)9-14(12)13/h1-9,18H,(H,16,17). The van der Waals surface area contributed by atoms with Gasteiger partial charge in [-0.25, -0.2) is 5.48 Å². The fraction of sp³-hybridized carbons (Fsp3) is 0. The van der Waals surface area contributed by atoms with E-state index >= 15 is 0 Å². The molecule has 0 aliphatic rings. The van der Waals surface area contributed by atoms with Crippen LogP contribution in [-0.2, 0) is 0 Å². The third kappa shape index (κ3) is 1.61. The highest BCUT2D eigenvalue weighted by Crippen LogP contribution is 2.25. The van der Waals surface area contributed by atoms with E-state index in [1.54, 1.807) is 11.5 Å². The fourth-order valence-corrected chi connectivity index (χ4v) is 2.23. The lowest BCUT2D eigenvalue weighted by Crippen LogP contribution is -2.18. The maximum Gasteiger partial charge on any atom is 0.275 e. The van der Waals surface area contributed by atoms with Crippen molar-refractivity contribution >= 4 is 27.5 Å². The molecule has 0 atom stereocenters. The first kappa shape index (κ1) is 10.7. The molecule has 3 aromatic carbocycles. The Hall–Kier alpha value is -2.39. The maximum atomic E-state index is 11.6. The number of carbonyl (C=O) groups excluding carboxylic acids is 1. The molecule has 3 nitrogen and oxygen atoms in total. The summed E-state index contributed by atoms with van der Waals surface area (Å²) >= 11 is 0. The zero-order valence-corrected chi connectivity index (χ0v) is 9.55. The van der Waals surface area contributed by atoms with Gasteiger partial charge in [-0.15, -0.1) is 0 Å². The maximum absolute atomic E-state index is 11.6. The molecule has 2 N–H and O–H groups in total. The van der Waals surface area contributed by atoms with E-state index < -0.39 is 5.91 Å². The average molecular weight is 237 g/mol. The van der Waals surface area contributed by atoms with Crippen molar-refractivity contribution in [2.45, 2.75) is 0 Å². The van der Waals surface area contributed by atoms with Gasteiger partial charge in [0.25, 0.3) is 5.91 Å². The van der Waals surface area contributed by atoms with Crippen molar-refractivity contribution in [1.82, 2.24) is 5.48 Å². The van der Waals surface area contributed by atoms with E-state index in [0.717, 1.165) is 21.5 Å². The Balaban J connectivity index is 2.39. The number of carbonyl (C=O) groups is 1. The second-order valence-corrected chi connectivity index (χ2v) is 4.17. The predicted molar refractivity (Wildman–Crippen MR) is 70.7 cm³/mol. The third-order valence-corrected chi connectivity index (χ3v) is 3.09. The van der Waals surface area contributed by atoms with Crippen LogP contribution in [0.5, 0.6) is 0 Å². The lowest BCUT2D eigenvalue weighted by atomic mass is 9.99. The number of benzene rings is 3. The van der Waals surface area contributed by atoms with E-state index in [-0.39, 0.29) is 0 Å². The number of fused-ring (bicyclic) bond motifs is 2. The Labute approximate surface area is 104 Å². The van der Waals surface area contributed by atoms with Crippen LogP contribution in [0.2, 0.25) is 0 Å². The molecule has 0 saturated heterocycles. The van der Waals surface area contributed by atoms with Gasteiger partial charge in [0.1, 0.15) is 0 Å². The molecule has 18 heavy (non-hydrogen) atoms. The van der Waals surface area contributed by atoms with Crippen LogP contribution in [0.3, 0.4) is 0 Å². The smallest absolute Gasteiger partial charge is 0.275 e. The third-order valence-electron chi connectivity index (χ3n) is 3.09. The first-order valence-corrected chi connectivity index (χ1v) is 5.65. The van der Waals surface area contributed by atoms with Gasteiger partial charge in [0.2, 0.25) is 0 Å². The summed E-state index contributed by atoms with van der Waals surface area (Å²) < 4.78 is 0. The second-order valence-electron chi connectivity index (χ2n) is 4.17. The largest absolute Gasteiger partial charge is 0.288 e. The fourth-order valence-electron chi connectivity index (χ4n) is 2.23. The van der Waals surface area contributed by atoms with E-state index in [1.165, 1.54) is 0 Å². The van der Waals surface area contributed by atoms with Crippen LogP contribution in [0, 0.1) is 0 Å². The van der Waals surface area contributed by atoms with Crippen molar-refractivity contribution in [2.75, 3.05) is 0 Å². The normalized spacial score (nSPS) is 10.7. The van der Waals surface area contributed by atoms with Crippen LogP contribution in [0.4, 0.5) is 0 Å². The Kier molecular flexibility index (Phi) is 2.46. The minimum Gasteiger partial charge on any atom is -0.288 e. The molecule has 0 aliphatic carbocycles. The highest BCUT2D eigenvalue weighted by atomic mass is 16.5. The van der Waals surface area contributed by atoms with E-state index in [9.17, 15) is 4.79 Å². The van der Waals surface area contributed by atoms with Crippen LogP contribution in [0.25, 0.3) is 21.5 Å². The van der Waals surface area contributed by atoms with Gasteiger partial charge in [-0.2, -0.15) is 0 Å². The number of nitrogens with one attached hydrogen (secondary N) is 1. The minimum atomic E-state index is -0.490. The van der Waals surface area contributed by atoms with Crippen LogP contribution >= 0.6 is 0 Å². The quantitative estimate of drug-likeness (QED) is 0.388. The van der Waals surface area contributed by atoms with Crippen LogP contribution in [0.1, 0.15) is 10.4 Å². The van der Waals surface area contributed by atoms with Crippen molar-refractivity contribution < 1.29 is 10.0 Å². The monoisotopic (exact) mass is 237 g/mol. The summed E-state index contributed by atoms with van der Waals surface area (Å²) in [5.74, 6) is -0.490. The molecule has 0 saturated carbocycles. The Morgan fingerprint density at radius 3 is 2.28 bits per heavy atom. The first-order valence-electron chi connectivity index (χ1n) is 5.65. The number of amides is 1. The Bertz CT molecular complexity index is 750. The second kappa shape index (κ2) is 4.13. The zero-order chi connectivity index (χ0) is 12.5. The van der Waals surface area contributed by atoms with Crippen molar-refractivity contribution in [3.05, 3.63) is 60.2 Å². The van der Waals surface area contributed by atoms with Gasteiger partial charge in [0.05, 0.1) is 0 Å². The van der Waals surface area contributed by atoms with Crippen molar-refractivity contribution in [3.8, 4) is 0 Å². The molecule has 88 valence electrons. The van der Waals surface area contributed by atoms with E-state index in [0.29, 0.717) is 5.56 Å². The summed E-state index contributed by atoms with van der Waals surface area (Å²) in [6.07, 6.45) is 0. The summed E-state index contributed by atoms with van der Waals surface area (Å²) in [7, 11) is 0. The average Bonchev–Trinajstić information content (AvgIpc) is 2.43. The molecule has 0 spiro atoms. The summed E-state index contributed by atoms with van der Waals surface area (Å²) in [6, 6.07) is 17.5. The predicted octanol–water partition coefficient (Wildman–Crippen LogP) is 3.11. The molecule has 3 aromatic rings. The Morgan fingerprint density at radius 1 is 0.889 bits per heavy atom. The highest BCUT2D eigenvalue weighted by Gasteiger charge is 2.09. The van der Waals surface area contributed by atoms with E-state index in [1.807, 2.05) is 48.5 Å². The van der Waals surface area contributed by atoms with E-state index in [2.05, 4.69) is 0 Å². The molecule has 0 fully saturated rings. The van der Waals surface area contributed by atoms with Crippen molar-refractivity contribution in [2.24, 2.45) is 0 Å². The van der Waals surface area contributed by atoms with Gasteiger partial charge < -0.3 is 0 Å². The van der Waals surface area contributed by atoms with Gasteiger partial charge in [0.15, 0.2) is 0 Å². The van der Waals surface area contributed by atoms with Crippen molar-refractivity contribution in [3.63, 3.8) is 0 Å². The van der Waals surface area contributed by atoms with Gasteiger partial charge in [-0.05, 0) is 39.7 Å². The number of hydrogen-bond acceptors (Lipinski definition) is 2. The lowest BCUT2D eigenvalue weighted by Gasteiger charge is -2.06. The number of hydrogen-bond donors (Lipinski definition) is 2. The summed E-state index contributed by atoms with van der Waals surface area (Å²) in [6.45, 7) is 0. The lowest BCUT2D eigenvalue weighted by molar-refractivity contribution is 0.0708. The molecule has 3 heteroatoms. The van der Waals surface area contributed by atoms with Crippen LogP contribution < -0.4 is 5.48 Å². The molecule has 0 bridgehead atoms. The van der Waals surface area contributed by atoms with Gasteiger partial charge in [-0.3, -0.25) is 10.0 Å².